The Labute approximate surface area is 213 Å². The molecular weight excluding hydrogens is 480 g/mol. The van der Waals surface area contributed by atoms with Crippen molar-refractivity contribution in [2.45, 2.75) is 16.9 Å². The van der Waals surface area contributed by atoms with Crippen molar-refractivity contribution >= 4 is 29.3 Å². The van der Waals surface area contributed by atoms with Gasteiger partial charge in [0.1, 0.15) is 0 Å². The fourth-order valence-electron chi connectivity index (χ4n) is 4.74. The number of methoxy groups -OCH3 is 2. The summed E-state index contributed by atoms with van der Waals surface area (Å²) in [7, 11) is 4.76. The van der Waals surface area contributed by atoms with Crippen LogP contribution in [0.2, 0.25) is 0 Å². The van der Waals surface area contributed by atoms with E-state index in [1.165, 1.54) is 14.2 Å². The first-order valence-electron chi connectivity index (χ1n) is 11.3. The molecule has 186 valence electrons. The van der Waals surface area contributed by atoms with Gasteiger partial charge in [-0.3, -0.25) is 9.59 Å². The lowest BCUT2D eigenvalue weighted by Gasteiger charge is -2.40. The SMILES string of the molecule is COc1cc2c(cc1OC)[C@@H](C(=O)Nc1ccc3c(c1)OCO3)[C@@H](c1ccc(SC)cc1)N(C)C2=O. The summed E-state index contributed by atoms with van der Waals surface area (Å²) in [5, 5.41) is 3.02. The second-order valence-electron chi connectivity index (χ2n) is 8.46. The van der Waals surface area contributed by atoms with Gasteiger partial charge in [-0.25, -0.2) is 0 Å². The highest BCUT2D eigenvalue weighted by Gasteiger charge is 2.43. The van der Waals surface area contributed by atoms with E-state index < -0.39 is 12.0 Å². The first-order chi connectivity index (χ1) is 17.4. The van der Waals surface area contributed by atoms with Gasteiger partial charge in [0, 0.05) is 29.3 Å². The molecule has 9 heteroatoms. The van der Waals surface area contributed by atoms with Crippen LogP contribution in [0, 0.1) is 0 Å². The van der Waals surface area contributed by atoms with Crippen molar-refractivity contribution in [1.29, 1.82) is 0 Å². The van der Waals surface area contributed by atoms with E-state index in [4.69, 9.17) is 18.9 Å². The maximum atomic E-state index is 13.9. The minimum Gasteiger partial charge on any atom is -0.493 e. The number of fused-ring (bicyclic) bond motifs is 2. The highest BCUT2D eigenvalue weighted by Crippen LogP contribution is 2.46. The third-order valence-corrected chi connectivity index (χ3v) is 7.30. The average Bonchev–Trinajstić information content (AvgIpc) is 3.37. The molecule has 0 unspecified atom stereocenters. The van der Waals surface area contributed by atoms with Gasteiger partial charge in [-0.15, -0.1) is 11.8 Å². The fraction of sp³-hybridized carbons (Fsp3) is 0.259. The first kappa shape index (κ1) is 23.9. The monoisotopic (exact) mass is 506 g/mol. The summed E-state index contributed by atoms with van der Waals surface area (Å²) in [6.45, 7) is 0.144. The first-order valence-corrected chi connectivity index (χ1v) is 12.5. The third kappa shape index (κ3) is 4.09. The lowest BCUT2D eigenvalue weighted by Crippen LogP contribution is -2.44. The molecule has 0 aliphatic carbocycles. The maximum Gasteiger partial charge on any atom is 0.254 e. The van der Waals surface area contributed by atoms with E-state index in [0.29, 0.717) is 39.8 Å². The molecule has 3 aromatic carbocycles. The van der Waals surface area contributed by atoms with Gasteiger partial charge in [-0.1, -0.05) is 12.1 Å². The van der Waals surface area contributed by atoms with E-state index in [0.717, 1.165) is 10.5 Å². The van der Waals surface area contributed by atoms with Crippen molar-refractivity contribution in [3.8, 4) is 23.0 Å². The zero-order valence-corrected chi connectivity index (χ0v) is 21.2. The smallest absolute Gasteiger partial charge is 0.254 e. The molecular formula is C27H26N2O6S. The summed E-state index contributed by atoms with van der Waals surface area (Å²) in [6, 6.07) is 16.0. The Morgan fingerprint density at radius 1 is 1.00 bits per heavy atom. The highest BCUT2D eigenvalue weighted by atomic mass is 32.2. The van der Waals surface area contributed by atoms with E-state index in [-0.39, 0.29) is 18.6 Å². The van der Waals surface area contributed by atoms with Gasteiger partial charge < -0.3 is 29.2 Å². The number of thioether (sulfide) groups is 1. The molecule has 0 saturated carbocycles. The number of hydrogen-bond donors (Lipinski definition) is 1. The Kier molecular flexibility index (Phi) is 6.40. The third-order valence-electron chi connectivity index (χ3n) is 6.55. The largest absolute Gasteiger partial charge is 0.493 e. The van der Waals surface area contributed by atoms with Crippen molar-refractivity contribution in [2.75, 3.05) is 39.6 Å². The van der Waals surface area contributed by atoms with Crippen LogP contribution in [0.5, 0.6) is 23.0 Å². The van der Waals surface area contributed by atoms with Crippen LogP contribution in [-0.2, 0) is 4.79 Å². The quantitative estimate of drug-likeness (QED) is 0.485. The number of rotatable bonds is 6. The van der Waals surface area contributed by atoms with Crippen LogP contribution < -0.4 is 24.3 Å². The second kappa shape index (κ2) is 9.66. The summed E-state index contributed by atoms with van der Waals surface area (Å²) in [4.78, 5) is 30.2. The fourth-order valence-corrected chi connectivity index (χ4v) is 5.15. The van der Waals surface area contributed by atoms with E-state index in [2.05, 4.69) is 5.32 Å². The lowest BCUT2D eigenvalue weighted by molar-refractivity contribution is -0.119. The van der Waals surface area contributed by atoms with Crippen molar-refractivity contribution in [2.24, 2.45) is 0 Å². The van der Waals surface area contributed by atoms with E-state index >= 15 is 0 Å². The lowest BCUT2D eigenvalue weighted by atomic mass is 9.79. The molecule has 8 nitrogen and oxygen atoms in total. The van der Waals surface area contributed by atoms with Crippen LogP contribution in [0.4, 0.5) is 5.69 Å². The standard InChI is InChI=1S/C27H26N2O6S/c1-29-25(15-5-8-17(36-4)9-6-15)24(18-12-21(32-2)22(33-3)13-19(18)27(29)31)26(30)28-16-7-10-20-23(11-16)35-14-34-20/h5-13,24-25H,14H2,1-4H3,(H,28,30)/t24-,25-/m1/s1. The maximum absolute atomic E-state index is 13.9. The minimum atomic E-state index is -0.715. The van der Waals surface area contributed by atoms with Crippen LogP contribution in [0.15, 0.2) is 59.5 Å². The van der Waals surface area contributed by atoms with Crippen LogP contribution >= 0.6 is 11.8 Å². The predicted octanol–water partition coefficient (Wildman–Crippen LogP) is 4.70. The van der Waals surface area contributed by atoms with Gasteiger partial charge in [0.2, 0.25) is 12.7 Å². The Bertz CT molecular complexity index is 1330. The summed E-state index contributed by atoms with van der Waals surface area (Å²) >= 11 is 1.63. The van der Waals surface area contributed by atoms with Gasteiger partial charge in [0.25, 0.3) is 5.91 Å². The van der Waals surface area contributed by atoms with Gasteiger partial charge >= 0.3 is 0 Å². The van der Waals surface area contributed by atoms with Crippen LogP contribution in [0.25, 0.3) is 0 Å². The predicted molar refractivity (Wildman–Crippen MR) is 137 cm³/mol. The average molecular weight is 507 g/mol. The molecule has 0 aromatic heterocycles. The molecule has 5 rings (SSSR count). The summed E-state index contributed by atoms with van der Waals surface area (Å²) in [5.41, 5.74) is 2.41. The molecule has 0 radical (unpaired) electrons. The number of carbonyl (C=O) groups is 2. The van der Waals surface area contributed by atoms with Crippen LogP contribution in [-0.4, -0.2) is 51.0 Å². The Morgan fingerprint density at radius 2 is 1.69 bits per heavy atom. The Morgan fingerprint density at radius 3 is 2.39 bits per heavy atom. The number of carbonyl (C=O) groups excluding carboxylic acids is 2. The molecule has 3 aromatic rings. The number of anilines is 1. The number of ether oxygens (including phenoxy) is 4. The van der Waals surface area contributed by atoms with Gasteiger partial charge in [0.05, 0.1) is 26.2 Å². The molecule has 36 heavy (non-hydrogen) atoms. The molecule has 2 atom stereocenters. The van der Waals surface area contributed by atoms with Crippen molar-refractivity contribution in [1.82, 2.24) is 4.90 Å². The Balaban J connectivity index is 1.61. The Hall–Kier alpha value is -3.85. The number of likely N-dealkylation sites (N-methyl/N-ethyl adjacent to an activating group) is 1. The van der Waals surface area contributed by atoms with Gasteiger partial charge in [0.15, 0.2) is 23.0 Å². The molecule has 2 aliphatic heterocycles. The molecule has 1 N–H and O–H groups in total. The number of nitrogens with one attached hydrogen (secondary N) is 1. The number of hydrogen-bond acceptors (Lipinski definition) is 7. The molecule has 0 bridgehead atoms. The molecule has 2 aliphatic rings. The number of benzene rings is 3. The van der Waals surface area contributed by atoms with Crippen molar-refractivity contribution in [3.05, 3.63) is 71.3 Å². The molecule has 2 heterocycles. The highest BCUT2D eigenvalue weighted by molar-refractivity contribution is 7.98. The molecule has 0 spiro atoms. The van der Waals surface area contributed by atoms with E-state index in [1.54, 1.807) is 54.0 Å². The zero-order chi connectivity index (χ0) is 25.4. The summed E-state index contributed by atoms with van der Waals surface area (Å²) in [6.07, 6.45) is 2.00. The molecule has 0 saturated heterocycles. The normalized spacial score (nSPS) is 18.0. The summed E-state index contributed by atoms with van der Waals surface area (Å²) in [5.74, 6) is 0.900. The van der Waals surface area contributed by atoms with E-state index in [9.17, 15) is 9.59 Å². The van der Waals surface area contributed by atoms with Crippen LogP contribution in [0.1, 0.15) is 33.4 Å². The van der Waals surface area contributed by atoms with Gasteiger partial charge in [-0.2, -0.15) is 0 Å². The minimum absolute atomic E-state index is 0.144. The number of nitrogens with zero attached hydrogens (tertiary/aromatic N) is 1. The van der Waals surface area contributed by atoms with E-state index in [1.807, 2.05) is 30.5 Å². The van der Waals surface area contributed by atoms with Crippen LogP contribution in [0.3, 0.4) is 0 Å². The molecule has 2 amide bonds. The van der Waals surface area contributed by atoms with Gasteiger partial charge in [-0.05, 0) is 53.8 Å². The topological polar surface area (TPSA) is 86.3 Å². The van der Waals surface area contributed by atoms with Crippen molar-refractivity contribution in [3.63, 3.8) is 0 Å². The zero-order valence-electron chi connectivity index (χ0n) is 20.4. The summed E-state index contributed by atoms with van der Waals surface area (Å²) < 4.78 is 21.8. The van der Waals surface area contributed by atoms with Crippen molar-refractivity contribution < 1.29 is 28.5 Å². The number of amides is 2. The second-order valence-corrected chi connectivity index (χ2v) is 9.34. The molecule has 0 fully saturated rings.